The second-order valence-electron chi connectivity index (χ2n) is 29.3. The van der Waals surface area contributed by atoms with Crippen LogP contribution >= 0.6 is 70.6 Å². The van der Waals surface area contributed by atoms with Crippen LogP contribution in [-0.4, -0.2) is 34.5 Å². The molecule has 0 nitrogen and oxygen atoms in total. The van der Waals surface area contributed by atoms with E-state index in [4.69, 9.17) is 0 Å². The molecule has 7 rings (SSSR count). The van der Waals surface area contributed by atoms with Gasteiger partial charge >= 0.3 is 0 Å². The standard InChI is InChI=1S/C102H126S6/c1-13-25-31-79(19-7)73-103-91-55-37-85(38-56-91)49-67-97-98(68-50-86-39-57-92(58-40-86)104-74-80(20-8)32-26-14-2)100(70-52-88-43-61-94(62-44-88)106-76-82(22-10)34-28-16-4)102(72-54-90-47-65-96(66-48-90)108-78-84(24-12)36-30-18-6)101(71-53-89-45-63-95(64-46-89)107-77-83(23-11)35-29-17-5)99(97)69-51-87-41-59-93(60-42-87)105-75-81(21-9)33-27-15-3/h37-48,55-66,79-84H,13-36,73-78H2,1-12H3. The molecule has 0 aliphatic heterocycles. The number of benzene rings is 7. The Morgan fingerprint density at radius 2 is 0.315 bits per heavy atom. The van der Waals surface area contributed by atoms with E-state index in [9.17, 15) is 0 Å². The van der Waals surface area contributed by atoms with Crippen LogP contribution in [0.3, 0.4) is 0 Å². The summed E-state index contributed by atoms with van der Waals surface area (Å²) in [6.45, 7) is 27.8. The zero-order valence-electron chi connectivity index (χ0n) is 68.0. The predicted molar refractivity (Wildman–Crippen MR) is 485 cm³/mol. The normalized spacial score (nSPS) is 12.6. The number of hydrogen-bond donors (Lipinski definition) is 0. The van der Waals surface area contributed by atoms with E-state index in [1.165, 1.54) is 183 Å². The lowest BCUT2D eigenvalue weighted by atomic mass is 9.86. The highest BCUT2D eigenvalue weighted by Crippen LogP contribution is 2.34. The molecule has 0 spiro atoms. The van der Waals surface area contributed by atoms with E-state index >= 15 is 0 Å². The van der Waals surface area contributed by atoms with Gasteiger partial charge in [0.1, 0.15) is 0 Å². The number of unbranched alkanes of at least 4 members (excludes halogenated alkanes) is 6. The van der Waals surface area contributed by atoms with Crippen LogP contribution < -0.4 is 0 Å². The Balaban J connectivity index is 1.55. The minimum Gasteiger partial charge on any atom is -0.126 e. The van der Waals surface area contributed by atoms with Gasteiger partial charge in [-0.25, -0.2) is 0 Å². The molecule has 6 unspecified atom stereocenters. The zero-order valence-corrected chi connectivity index (χ0v) is 72.9. The highest BCUT2D eigenvalue weighted by Gasteiger charge is 2.22. The van der Waals surface area contributed by atoms with E-state index in [1.54, 1.807) is 0 Å². The lowest BCUT2D eigenvalue weighted by Gasteiger charge is -2.14. The molecule has 0 saturated carbocycles. The molecule has 0 heterocycles. The first-order valence-corrected chi connectivity index (χ1v) is 47.6. The van der Waals surface area contributed by atoms with E-state index in [-0.39, 0.29) is 0 Å². The van der Waals surface area contributed by atoms with Crippen molar-refractivity contribution in [2.45, 2.75) is 267 Å². The van der Waals surface area contributed by atoms with Gasteiger partial charge in [0.15, 0.2) is 0 Å². The average Bonchev–Trinajstić information content (AvgIpc) is 0.761. The van der Waals surface area contributed by atoms with Crippen LogP contribution in [0.4, 0.5) is 0 Å². The Kier molecular flexibility index (Phi) is 43.8. The molecule has 0 bridgehead atoms. The van der Waals surface area contributed by atoms with E-state index in [1.807, 2.05) is 70.6 Å². The molecule has 570 valence electrons. The first-order valence-electron chi connectivity index (χ1n) is 41.7. The largest absolute Gasteiger partial charge is 0.126 e. The van der Waals surface area contributed by atoms with Crippen molar-refractivity contribution in [2.75, 3.05) is 34.5 Å². The topological polar surface area (TPSA) is 0 Å². The molecule has 0 N–H and O–H groups in total. The molecule has 0 aromatic heterocycles. The third-order valence-electron chi connectivity index (χ3n) is 20.8. The van der Waals surface area contributed by atoms with Crippen LogP contribution in [0.2, 0.25) is 0 Å². The molecule has 0 saturated heterocycles. The Morgan fingerprint density at radius 1 is 0.185 bits per heavy atom. The van der Waals surface area contributed by atoms with Gasteiger partial charge in [0.05, 0.1) is 33.4 Å². The van der Waals surface area contributed by atoms with E-state index in [2.05, 4.69) is 300 Å². The highest BCUT2D eigenvalue weighted by atomic mass is 32.2. The van der Waals surface area contributed by atoms with Crippen molar-refractivity contribution in [3.05, 3.63) is 212 Å². The van der Waals surface area contributed by atoms with Gasteiger partial charge in [-0.2, -0.15) is 0 Å². The molecule has 0 radical (unpaired) electrons. The fourth-order valence-corrected chi connectivity index (χ4v) is 19.7. The molecular weight excluding hydrogens is 1420 g/mol. The maximum Gasteiger partial charge on any atom is 0.0588 e. The maximum atomic E-state index is 3.84. The molecule has 7 aromatic carbocycles. The summed E-state index contributed by atoms with van der Waals surface area (Å²) in [7, 11) is 0. The van der Waals surface area contributed by atoms with Gasteiger partial charge in [0.2, 0.25) is 0 Å². The van der Waals surface area contributed by atoms with Crippen molar-refractivity contribution in [1.29, 1.82) is 0 Å². The van der Waals surface area contributed by atoms with Gasteiger partial charge in [-0.1, -0.05) is 270 Å². The number of hydrogen-bond acceptors (Lipinski definition) is 6. The van der Waals surface area contributed by atoms with Crippen molar-refractivity contribution in [2.24, 2.45) is 35.5 Å². The molecular formula is C102H126S6. The van der Waals surface area contributed by atoms with Crippen molar-refractivity contribution in [1.82, 2.24) is 0 Å². The van der Waals surface area contributed by atoms with Crippen LogP contribution in [0.15, 0.2) is 175 Å². The summed E-state index contributed by atoms with van der Waals surface area (Å²) >= 11 is 11.8. The maximum absolute atomic E-state index is 3.84. The van der Waals surface area contributed by atoms with E-state index < -0.39 is 0 Å². The monoisotopic (exact) mass is 1540 g/mol. The average molecular weight is 1540 g/mol. The van der Waals surface area contributed by atoms with Crippen LogP contribution in [0.5, 0.6) is 0 Å². The van der Waals surface area contributed by atoms with Crippen LogP contribution in [0.25, 0.3) is 0 Å². The van der Waals surface area contributed by atoms with Gasteiger partial charge in [-0.05, 0) is 220 Å². The van der Waals surface area contributed by atoms with Crippen molar-refractivity contribution >= 4 is 70.6 Å². The second-order valence-corrected chi connectivity index (χ2v) is 35.8. The first kappa shape index (κ1) is 89.2. The summed E-state index contributed by atoms with van der Waals surface area (Å²) < 4.78 is 0. The first-order chi connectivity index (χ1) is 53.0. The predicted octanol–water partition coefficient (Wildman–Crippen LogP) is 29.9. The second kappa shape index (κ2) is 53.0. The Bertz CT molecular complexity index is 3410. The molecule has 0 aliphatic carbocycles. The Hall–Kier alpha value is -6.00. The van der Waals surface area contributed by atoms with Crippen molar-refractivity contribution in [3.63, 3.8) is 0 Å². The smallest absolute Gasteiger partial charge is 0.0588 e. The van der Waals surface area contributed by atoms with Crippen molar-refractivity contribution < 1.29 is 0 Å². The third kappa shape index (κ3) is 32.4. The molecule has 108 heavy (non-hydrogen) atoms. The van der Waals surface area contributed by atoms with Gasteiger partial charge in [-0.3, -0.25) is 0 Å². The fraction of sp³-hybridized carbons (Fsp3) is 0.471. The Labute approximate surface area is 684 Å². The van der Waals surface area contributed by atoms with Crippen LogP contribution in [0.1, 0.15) is 304 Å². The summed E-state index contributed by atoms with van der Waals surface area (Å²) in [5.41, 5.74) is 9.62. The molecule has 6 heteroatoms. The SMILES string of the molecule is CCCCC(CC)CSc1ccc(C#Cc2c(C#Cc3ccc(SCC(CC)CCCC)cc3)c(C#Cc3ccc(SCC(CC)CCCC)cc3)c(C#Cc3ccc(SCC(CC)CCCC)cc3)c(C#Cc3ccc(SCC(CC)CCCC)cc3)c2C#Cc2ccc(SCC(CC)CCCC)cc2)cc1. The summed E-state index contributed by atoms with van der Waals surface area (Å²) in [5, 5.41) is 0. The molecule has 6 atom stereocenters. The van der Waals surface area contributed by atoms with Gasteiger partial charge in [0.25, 0.3) is 0 Å². The number of rotatable bonds is 42. The van der Waals surface area contributed by atoms with Gasteiger partial charge < -0.3 is 0 Å². The quantitative estimate of drug-likeness (QED) is 0.0274. The lowest BCUT2D eigenvalue weighted by Crippen LogP contribution is -2.05. The highest BCUT2D eigenvalue weighted by molar-refractivity contribution is 8.00. The zero-order chi connectivity index (χ0) is 76.8. The van der Waals surface area contributed by atoms with Gasteiger partial charge in [0, 0.05) is 97.3 Å². The molecule has 7 aromatic rings. The van der Waals surface area contributed by atoms with E-state index in [0.29, 0.717) is 68.9 Å². The summed E-state index contributed by atoms with van der Waals surface area (Å²) in [4.78, 5) is 7.57. The Morgan fingerprint density at radius 3 is 0.426 bits per heavy atom. The minimum absolute atomic E-state index is 0.690. The van der Waals surface area contributed by atoms with Crippen molar-refractivity contribution in [3.8, 4) is 71.0 Å². The summed E-state index contributed by atoms with van der Waals surface area (Å²) in [6.07, 6.45) is 29.8. The molecule has 0 fully saturated rings. The van der Waals surface area contributed by atoms with Crippen LogP contribution in [-0.2, 0) is 0 Å². The molecule has 0 amide bonds. The van der Waals surface area contributed by atoms with E-state index in [0.717, 1.165) is 67.9 Å². The summed E-state index contributed by atoms with van der Waals surface area (Å²) in [5.74, 6) is 56.3. The van der Waals surface area contributed by atoms with Gasteiger partial charge in [-0.15, -0.1) is 70.6 Å². The minimum atomic E-state index is 0.690. The molecule has 0 aliphatic rings. The third-order valence-corrected chi connectivity index (χ3v) is 28.3. The lowest BCUT2D eigenvalue weighted by molar-refractivity contribution is 0.499. The number of thioether (sulfide) groups is 6. The fourth-order valence-electron chi connectivity index (χ4n) is 12.8. The summed E-state index contributed by atoms with van der Waals surface area (Å²) in [6, 6.07) is 53.2. The van der Waals surface area contributed by atoms with Crippen LogP contribution in [0, 0.1) is 107 Å².